The van der Waals surface area contributed by atoms with E-state index in [2.05, 4.69) is 42.0 Å². The smallest absolute Gasteiger partial charge is 0.0828 e. The summed E-state index contributed by atoms with van der Waals surface area (Å²) < 4.78 is 5.00. The molecular weight excluding hydrogens is 294 g/mol. The molecule has 0 N–H and O–H groups in total. The molecule has 2 aromatic rings. The SMILES string of the molecule is C=N\C=C/C(=C(/C=C/OC)CCl)c1ccc2ccccc2c1. The maximum Gasteiger partial charge on any atom is 0.0828 e. The summed E-state index contributed by atoms with van der Waals surface area (Å²) in [6.07, 6.45) is 7.06. The Hall–Kier alpha value is -2.32. The molecule has 0 aliphatic heterocycles. The molecular formula is C19H18ClNO. The average Bonchev–Trinajstić information content (AvgIpc) is 2.57. The lowest BCUT2D eigenvalue weighted by Crippen LogP contribution is -1.90. The third kappa shape index (κ3) is 3.86. The van der Waals surface area contributed by atoms with Crippen LogP contribution in [0.3, 0.4) is 0 Å². The molecule has 112 valence electrons. The summed E-state index contributed by atoms with van der Waals surface area (Å²) in [5, 5.41) is 2.39. The van der Waals surface area contributed by atoms with Crippen LogP contribution in [0.25, 0.3) is 16.3 Å². The van der Waals surface area contributed by atoms with E-state index in [4.69, 9.17) is 16.3 Å². The van der Waals surface area contributed by atoms with Gasteiger partial charge < -0.3 is 4.74 Å². The molecule has 0 unspecified atom stereocenters. The number of methoxy groups -OCH3 is 1. The molecule has 0 aliphatic rings. The van der Waals surface area contributed by atoms with Crippen molar-refractivity contribution < 1.29 is 4.74 Å². The number of aliphatic imine (C=N–C) groups is 1. The van der Waals surface area contributed by atoms with Gasteiger partial charge in [0.1, 0.15) is 0 Å². The molecule has 0 spiro atoms. The van der Waals surface area contributed by atoms with Crippen molar-refractivity contribution in [2.75, 3.05) is 13.0 Å². The van der Waals surface area contributed by atoms with E-state index in [-0.39, 0.29) is 0 Å². The van der Waals surface area contributed by atoms with Crippen molar-refractivity contribution in [1.29, 1.82) is 0 Å². The number of fused-ring (bicyclic) bond motifs is 1. The van der Waals surface area contributed by atoms with Crippen LogP contribution in [0, 0.1) is 0 Å². The maximum atomic E-state index is 6.10. The molecule has 22 heavy (non-hydrogen) atoms. The fourth-order valence-corrected chi connectivity index (χ4v) is 2.46. The summed E-state index contributed by atoms with van der Waals surface area (Å²) in [5.74, 6) is 0.378. The largest absolute Gasteiger partial charge is 0.504 e. The van der Waals surface area contributed by atoms with Gasteiger partial charge in [-0.05, 0) is 52.4 Å². The van der Waals surface area contributed by atoms with Gasteiger partial charge >= 0.3 is 0 Å². The van der Waals surface area contributed by atoms with Crippen molar-refractivity contribution in [3.05, 3.63) is 78.2 Å². The highest BCUT2D eigenvalue weighted by Gasteiger charge is 2.05. The molecule has 0 atom stereocenters. The normalized spacial score (nSPS) is 12.8. The first-order valence-electron chi connectivity index (χ1n) is 6.90. The van der Waals surface area contributed by atoms with Gasteiger partial charge in [0.15, 0.2) is 0 Å². The second kappa shape index (κ2) is 8.20. The van der Waals surface area contributed by atoms with Crippen molar-refractivity contribution in [2.45, 2.75) is 0 Å². The van der Waals surface area contributed by atoms with Crippen molar-refractivity contribution in [2.24, 2.45) is 4.99 Å². The quantitative estimate of drug-likeness (QED) is 0.311. The van der Waals surface area contributed by atoms with Gasteiger partial charge in [0.05, 0.1) is 13.4 Å². The summed E-state index contributed by atoms with van der Waals surface area (Å²) >= 11 is 6.10. The van der Waals surface area contributed by atoms with Crippen molar-refractivity contribution in [3.63, 3.8) is 0 Å². The average molecular weight is 312 g/mol. The molecule has 0 aromatic heterocycles. The van der Waals surface area contributed by atoms with Crippen LogP contribution in [-0.4, -0.2) is 19.7 Å². The monoisotopic (exact) mass is 311 g/mol. The number of allylic oxidation sites excluding steroid dienone is 4. The zero-order valence-corrected chi connectivity index (χ0v) is 13.3. The molecule has 0 amide bonds. The van der Waals surface area contributed by atoms with Crippen LogP contribution in [0.15, 0.2) is 77.6 Å². The van der Waals surface area contributed by atoms with E-state index in [0.29, 0.717) is 5.88 Å². The molecule has 0 heterocycles. The molecule has 2 rings (SSSR count). The van der Waals surface area contributed by atoms with E-state index in [9.17, 15) is 0 Å². The topological polar surface area (TPSA) is 21.6 Å². The molecule has 0 radical (unpaired) electrons. The molecule has 0 saturated heterocycles. The van der Waals surface area contributed by atoms with Gasteiger partial charge in [-0.25, -0.2) is 0 Å². The van der Waals surface area contributed by atoms with Crippen LogP contribution in [0.5, 0.6) is 0 Å². The van der Waals surface area contributed by atoms with Gasteiger partial charge in [0.25, 0.3) is 0 Å². The maximum absolute atomic E-state index is 6.10. The Kier molecular flexibility index (Phi) is 5.99. The minimum atomic E-state index is 0.378. The van der Waals surface area contributed by atoms with E-state index in [0.717, 1.165) is 16.7 Å². The van der Waals surface area contributed by atoms with E-state index in [1.165, 1.54) is 10.8 Å². The Morgan fingerprint density at radius 1 is 1.18 bits per heavy atom. The minimum Gasteiger partial charge on any atom is -0.504 e. The van der Waals surface area contributed by atoms with Crippen LogP contribution >= 0.6 is 11.6 Å². The number of ether oxygens (including phenoxy) is 1. The third-order valence-corrected chi connectivity index (χ3v) is 3.59. The Labute approximate surface area is 136 Å². The molecule has 3 heteroatoms. The fraction of sp³-hybridized carbons (Fsp3) is 0.105. The second-order valence-electron chi connectivity index (χ2n) is 4.67. The third-order valence-electron chi connectivity index (χ3n) is 3.30. The van der Waals surface area contributed by atoms with E-state index < -0.39 is 0 Å². The van der Waals surface area contributed by atoms with Crippen molar-refractivity contribution >= 4 is 34.7 Å². The lowest BCUT2D eigenvalue weighted by atomic mass is 9.97. The number of hydrogen-bond donors (Lipinski definition) is 0. The van der Waals surface area contributed by atoms with Crippen LogP contribution in [-0.2, 0) is 4.74 Å². The van der Waals surface area contributed by atoms with Gasteiger partial charge in [-0.2, -0.15) is 0 Å². The Bertz CT molecular complexity index is 744. The summed E-state index contributed by atoms with van der Waals surface area (Å²) in [7, 11) is 1.61. The zero-order valence-electron chi connectivity index (χ0n) is 12.5. The van der Waals surface area contributed by atoms with Crippen LogP contribution in [0.4, 0.5) is 0 Å². The van der Waals surface area contributed by atoms with Gasteiger partial charge in [-0.15, -0.1) is 11.6 Å². The van der Waals surface area contributed by atoms with Crippen LogP contribution < -0.4 is 0 Å². The summed E-state index contributed by atoms with van der Waals surface area (Å²) in [4.78, 5) is 3.80. The highest BCUT2D eigenvalue weighted by molar-refractivity contribution is 6.20. The highest BCUT2D eigenvalue weighted by Crippen LogP contribution is 2.26. The lowest BCUT2D eigenvalue weighted by Gasteiger charge is -2.09. The molecule has 0 fully saturated rings. The van der Waals surface area contributed by atoms with E-state index >= 15 is 0 Å². The van der Waals surface area contributed by atoms with Crippen molar-refractivity contribution in [3.8, 4) is 0 Å². The Balaban J connectivity index is 2.59. The summed E-state index contributed by atoms with van der Waals surface area (Å²) in [6, 6.07) is 14.6. The highest BCUT2D eigenvalue weighted by atomic mass is 35.5. The fourth-order valence-electron chi connectivity index (χ4n) is 2.23. The molecule has 0 bridgehead atoms. The molecule has 0 saturated carbocycles. The first kappa shape index (κ1) is 16.1. The predicted molar refractivity (Wildman–Crippen MR) is 96.4 cm³/mol. The first-order valence-corrected chi connectivity index (χ1v) is 7.43. The van der Waals surface area contributed by atoms with Gasteiger partial charge in [-0.1, -0.05) is 36.4 Å². The number of alkyl halides is 1. The van der Waals surface area contributed by atoms with Crippen LogP contribution in [0.2, 0.25) is 0 Å². The van der Waals surface area contributed by atoms with Gasteiger partial charge in [0, 0.05) is 12.1 Å². The molecule has 2 nitrogen and oxygen atoms in total. The zero-order chi connectivity index (χ0) is 15.8. The van der Waals surface area contributed by atoms with Crippen molar-refractivity contribution in [1.82, 2.24) is 0 Å². The number of rotatable bonds is 6. The summed E-state index contributed by atoms with van der Waals surface area (Å²) in [6.45, 7) is 3.49. The Morgan fingerprint density at radius 2 is 1.95 bits per heavy atom. The molecule has 0 aliphatic carbocycles. The number of hydrogen-bond acceptors (Lipinski definition) is 2. The number of nitrogens with zero attached hydrogens (tertiary/aromatic N) is 1. The first-order chi connectivity index (χ1) is 10.8. The number of benzene rings is 2. The standard InChI is InChI=1S/C19H18ClNO/c1-21-11-9-19(18(14-20)10-12-22-2)17-8-7-15-5-3-4-6-16(15)13-17/h3-13H,1,14H2,2H3/b11-9-,12-10+,19-18+. The van der Waals surface area contributed by atoms with Gasteiger partial charge in [0.2, 0.25) is 0 Å². The summed E-state index contributed by atoms with van der Waals surface area (Å²) in [5.41, 5.74) is 3.04. The van der Waals surface area contributed by atoms with E-state index in [1.54, 1.807) is 19.6 Å². The number of halogens is 1. The molecule has 2 aromatic carbocycles. The second-order valence-corrected chi connectivity index (χ2v) is 4.94. The van der Waals surface area contributed by atoms with Crippen LogP contribution in [0.1, 0.15) is 5.56 Å². The lowest BCUT2D eigenvalue weighted by molar-refractivity contribution is 0.338. The predicted octanol–water partition coefficient (Wildman–Crippen LogP) is 5.21. The van der Waals surface area contributed by atoms with Gasteiger partial charge in [-0.3, -0.25) is 4.99 Å². The Morgan fingerprint density at radius 3 is 2.64 bits per heavy atom. The van der Waals surface area contributed by atoms with E-state index in [1.807, 2.05) is 24.3 Å². The minimum absolute atomic E-state index is 0.378.